The summed E-state index contributed by atoms with van der Waals surface area (Å²) >= 11 is 0. The smallest absolute Gasteiger partial charge is 0.0465 e. The van der Waals surface area contributed by atoms with Gasteiger partial charge in [-0.25, -0.2) is 0 Å². The Balaban J connectivity index is 2.29. The molecule has 2 heteroatoms. The Morgan fingerprint density at radius 2 is 1.33 bits per heavy atom. The highest BCUT2D eigenvalue weighted by molar-refractivity contribution is 7.75. The minimum atomic E-state index is -0.454. The van der Waals surface area contributed by atoms with Gasteiger partial charge in [0.1, 0.15) is 0 Å². The normalized spacial score (nSPS) is 11.2. The lowest BCUT2D eigenvalue weighted by Crippen LogP contribution is -2.09. The van der Waals surface area contributed by atoms with Gasteiger partial charge in [-0.05, 0) is 25.0 Å². The number of benzene rings is 2. The van der Waals surface area contributed by atoms with E-state index in [1.54, 1.807) is 0 Å². The maximum atomic E-state index is 8.88. The van der Waals surface area contributed by atoms with Crippen LogP contribution in [0.25, 0.3) is 0 Å². The summed E-state index contributed by atoms with van der Waals surface area (Å²) in [6.45, 7) is 0.212. The maximum absolute atomic E-state index is 8.88. The molecule has 0 bridgehead atoms. The van der Waals surface area contributed by atoms with E-state index >= 15 is 0 Å². The minimum Gasteiger partial charge on any atom is -0.396 e. The summed E-state index contributed by atoms with van der Waals surface area (Å²) in [6, 6.07) is 21.1. The first kappa shape index (κ1) is 13.0. The average molecular weight is 256 g/mol. The molecule has 2 aromatic rings. The second-order valence-corrected chi connectivity index (χ2v) is 6.01. The van der Waals surface area contributed by atoms with Crippen LogP contribution in [-0.2, 0) is 0 Å². The van der Waals surface area contributed by atoms with Gasteiger partial charge < -0.3 is 5.11 Å². The first-order valence-electron chi connectivity index (χ1n) is 6.08. The fourth-order valence-corrected chi connectivity index (χ4v) is 3.74. The molecule has 0 aliphatic heterocycles. The van der Waals surface area contributed by atoms with Crippen LogP contribution in [0, 0.1) is 0 Å². The zero-order valence-corrected chi connectivity index (χ0v) is 11.1. The van der Waals surface area contributed by atoms with Crippen molar-refractivity contribution in [3.8, 4) is 0 Å². The Labute approximate surface area is 110 Å². The van der Waals surface area contributed by atoms with Crippen LogP contribution in [0.3, 0.4) is 0 Å². The number of hydrogen-bond donors (Lipinski definition) is 1. The van der Waals surface area contributed by atoms with Crippen molar-refractivity contribution in [1.82, 2.24) is 0 Å². The summed E-state index contributed by atoms with van der Waals surface area (Å²) in [5.74, 6) is 2.23. The summed E-state index contributed by atoms with van der Waals surface area (Å²) in [5, 5.41) is 11.6. The highest BCUT2D eigenvalue weighted by atomic mass is 31.1. The minimum absolute atomic E-state index is 0.212. The van der Waals surface area contributed by atoms with E-state index in [0.717, 1.165) is 6.42 Å². The fraction of sp³-hybridized carbons (Fsp3) is 0.125. The van der Waals surface area contributed by atoms with Crippen molar-refractivity contribution in [3.05, 3.63) is 72.6 Å². The lowest BCUT2D eigenvalue weighted by molar-refractivity contribution is 0.302. The Hall–Kier alpha value is -1.43. The van der Waals surface area contributed by atoms with Crippen LogP contribution >= 0.6 is 7.92 Å². The molecule has 0 aliphatic carbocycles. The van der Waals surface area contributed by atoms with E-state index in [2.05, 4.69) is 60.4 Å². The standard InChI is InChI=1S/C16H17OP/c17-13-7-8-14-18(15-9-3-1-4-10-15)16-11-5-2-6-12-16/h1-6,8-12,14,17H,7,13H2/b14-8-. The number of rotatable bonds is 5. The molecule has 0 atom stereocenters. The SMILES string of the molecule is OCC/C=C\P(c1ccccc1)c1ccccc1. The molecule has 18 heavy (non-hydrogen) atoms. The van der Waals surface area contributed by atoms with Crippen LogP contribution in [0.4, 0.5) is 0 Å². The highest BCUT2D eigenvalue weighted by Gasteiger charge is 2.08. The fourth-order valence-electron chi connectivity index (χ4n) is 1.75. The molecule has 0 saturated carbocycles. The van der Waals surface area contributed by atoms with Gasteiger partial charge in [-0.3, -0.25) is 0 Å². The Kier molecular flexibility index (Phi) is 5.14. The molecule has 1 N–H and O–H groups in total. The molecule has 0 aliphatic rings. The van der Waals surface area contributed by atoms with Crippen molar-refractivity contribution >= 4 is 18.5 Å². The van der Waals surface area contributed by atoms with Gasteiger partial charge in [0.2, 0.25) is 0 Å². The average Bonchev–Trinajstić information content (AvgIpc) is 2.46. The molecule has 0 aromatic heterocycles. The zero-order valence-electron chi connectivity index (χ0n) is 10.2. The van der Waals surface area contributed by atoms with Crippen molar-refractivity contribution in [2.24, 2.45) is 0 Å². The zero-order chi connectivity index (χ0) is 12.6. The van der Waals surface area contributed by atoms with Gasteiger partial charge in [0.25, 0.3) is 0 Å². The van der Waals surface area contributed by atoms with Crippen LogP contribution < -0.4 is 10.6 Å². The Morgan fingerprint density at radius 1 is 0.833 bits per heavy atom. The van der Waals surface area contributed by atoms with E-state index in [9.17, 15) is 0 Å². The van der Waals surface area contributed by atoms with E-state index in [-0.39, 0.29) is 6.61 Å². The van der Waals surface area contributed by atoms with Crippen LogP contribution in [0.2, 0.25) is 0 Å². The molecule has 92 valence electrons. The van der Waals surface area contributed by atoms with Crippen LogP contribution in [0.1, 0.15) is 6.42 Å². The topological polar surface area (TPSA) is 20.2 Å². The molecule has 0 spiro atoms. The molecule has 0 saturated heterocycles. The van der Waals surface area contributed by atoms with Gasteiger partial charge in [0.15, 0.2) is 0 Å². The molecule has 0 radical (unpaired) electrons. The quantitative estimate of drug-likeness (QED) is 0.815. The van der Waals surface area contributed by atoms with Gasteiger partial charge in [-0.15, -0.1) is 0 Å². The predicted molar refractivity (Wildman–Crippen MR) is 79.9 cm³/mol. The first-order chi connectivity index (χ1) is 8.92. The molecule has 0 fully saturated rings. The van der Waals surface area contributed by atoms with E-state index < -0.39 is 7.92 Å². The Bertz CT molecular complexity index is 439. The maximum Gasteiger partial charge on any atom is 0.0465 e. The number of aliphatic hydroxyl groups is 1. The summed E-state index contributed by atoms with van der Waals surface area (Å²) in [4.78, 5) is 0. The molecule has 0 amide bonds. The molecule has 0 heterocycles. The van der Waals surface area contributed by atoms with Crippen molar-refractivity contribution in [2.75, 3.05) is 6.61 Å². The van der Waals surface area contributed by atoms with E-state index in [4.69, 9.17) is 5.11 Å². The third kappa shape index (κ3) is 3.53. The van der Waals surface area contributed by atoms with Crippen molar-refractivity contribution in [3.63, 3.8) is 0 Å². The monoisotopic (exact) mass is 256 g/mol. The highest BCUT2D eigenvalue weighted by Crippen LogP contribution is 2.34. The summed E-state index contributed by atoms with van der Waals surface area (Å²) in [7, 11) is -0.454. The molecule has 2 rings (SSSR count). The third-order valence-corrected chi connectivity index (χ3v) is 4.84. The van der Waals surface area contributed by atoms with Crippen molar-refractivity contribution in [2.45, 2.75) is 6.42 Å². The van der Waals surface area contributed by atoms with Gasteiger partial charge >= 0.3 is 0 Å². The number of aliphatic hydroxyl groups excluding tert-OH is 1. The van der Waals surface area contributed by atoms with Crippen LogP contribution in [0.15, 0.2) is 72.6 Å². The lowest BCUT2D eigenvalue weighted by Gasteiger charge is -2.14. The van der Waals surface area contributed by atoms with Gasteiger partial charge in [0.05, 0.1) is 0 Å². The largest absolute Gasteiger partial charge is 0.396 e. The second kappa shape index (κ2) is 7.10. The molecule has 1 nitrogen and oxygen atoms in total. The summed E-state index contributed by atoms with van der Waals surface area (Å²) < 4.78 is 0. The van der Waals surface area contributed by atoms with Gasteiger partial charge in [-0.2, -0.15) is 0 Å². The van der Waals surface area contributed by atoms with Crippen molar-refractivity contribution < 1.29 is 5.11 Å². The lowest BCUT2D eigenvalue weighted by atomic mass is 10.4. The molecular formula is C16H17OP. The molecule has 0 unspecified atom stereocenters. The third-order valence-electron chi connectivity index (χ3n) is 2.62. The molecule has 2 aromatic carbocycles. The first-order valence-corrected chi connectivity index (χ1v) is 7.50. The second-order valence-electron chi connectivity index (χ2n) is 3.94. The van der Waals surface area contributed by atoms with E-state index in [1.165, 1.54) is 10.6 Å². The van der Waals surface area contributed by atoms with E-state index in [1.807, 2.05) is 12.1 Å². The van der Waals surface area contributed by atoms with Crippen LogP contribution in [0.5, 0.6) is 0 Å². The van der Waals surface area contributed by atoms with E-state index in [0.29, 0.717) is 0 Å². The van der Waals surface area contributed by atoms with Crippen molar-refractivity contribution in [1.29, 1.82) is 0 Å². The Morgan fingerprint density at radius 3 is 1.78 bits per heavy atom. The molecular weight excluding hydrogens is 239 g/mol. The van der Waals surface area contributed by atoms with Gasteiger partial charge in [-0.1, -0.05) is 72.6 Å². The predicted octanol–water partition coefficient (Wildman–Crippen LogP) is 3.02. The summed E-state index contributed by atoms with van der Waals surface area (Å²) in [6.07, 6.45) is 2.80. The van der Waals surface area contributed by atoms with Crippen LogP contribution in [-0.4, -0.2) is 11.7 Å². The number of hydrogen-bond acceptors (Lipinski definition) is 1. The van der Waals surface area contributed by atoms with Gasteiger partial charge in [0, 0.05) is 6.61 Å². The summed E-state index contributed by atoms with van der Waals surface area (Å²) in [5.41, 5.74) is 0.